The highest BCUT2D eigenvalue weighted by molar-refractivity contribution is 5.98. The maximum absolute atomic E-state index is 12.5. The predicted molar refractivity (Wildman–Crippen MR) is 110 cm³/mol. The first kappa shape index (κ1) is 17.4. The molecule has 2 heterocycles. The summed E-state index contributed by atoms with van der Waals surface area (Å²) in [5, 5.41) is 8.49. The van der Waals surface area contributed by atoms with E-state index in [0.29, 0.717) is 16.7 Å². The van der Waals surface area contributed by atoms with Crippen LogP contribution in [0.15, 0.2) is 48.7 Å². The van der Waals surface area contributed by atoms with Crippen LogP contribution < -0.4 is 22.1 Å². The third-order valence-corrected chi connectivity index (χ3v) is 4.26. The average molecular weight is 374 g/mol. The summed E-state index contributed by atoms with van der Waals surface area (Å²) in [6, 6.07) is 13.1. The Labute approximate surface area is 160 Å². The first-order valence-electron chi connectivity index (χ1n) is 8.61. The first-order chi connectivity index (χ1) is 13.5. The Morgan fingerprint density at radius 3 is 2.64 bits per heavy atom. The van der Waals surface area contributed by atoms with E-state index in [1.807, 2.05) is 42.5 Å². The molecule has 0 spiro atoms. The van der Waals surface area contributed by atoms with Crippen molar-refractivity contribution in [3.05, 3.63) is 48.7 Å². The average Bonchev–Trinajstić information content (AvgIpc) is 2.67. The molecule has 2 aromatic heterocycles. The minimum atomic E-state index is -0.583. The second kappa shape index (κ2) is 6.95. The molecular formula is C19H18N8O. The topological polar surface area (TPSA) is 145 Å². The highest BCUT2D eigenvalue weighted by Gasteiger charge is 2.15. The summed E-state index contributed by atoms with van der Waals surface area (Å²) < 4.78 is 0. The third-order valence-electron chi connectivity index (χ3n) is 4.26. The molecule has 0 radical (unpaired) electrons. The number of benzene rings is 2. The van der Waals surface area contributed by atoms with Gasteiger partial charge in [-0.1, -0.05) is 30.3 Å². The number of amides is 1. The van der Waals surface area contributed by atoms with Gasteiger partial charge in [-0.3, -0.25) is 4.79 Å². The van der Waals surface area contributed by atoms with E-state index < -0.39 is 6.04 Å². The van der Waals surface area contributed by atoms with E-state index in [0.717, 1.165) is 10.8 Å². The van der Waals surface area contributed by atoms with Crippen LogP contribution in [0.4, 0.5) is 23.4 Å². The Bertz CT molecular complexity index is 1190. The second-order valence-electron chi connectivity index (χ2n) is 6.32. The molecule has 0 bridgehead atoms. The maximum atomic E-state index is 12.5. The molecule has 1 unspecified atom stereocenters. The number of rotatable bonds is 4. The number of aromatic nitrogens is 4. The molecule has 9 nitrogen and oxygen atoms in total. The van der Waals surface area contributed by atoms with Crippen LogP contribution in [0.5, 0.6) is 0 Å². The molecule has 0 saturated heterocycles. The van der Waals surface area contributed by atoms with Gasteiger partial charge in [0.1, 0.15) is 11.9 Å². The monoisotopic (exact) mass is 374 g/mol. The van der Waals surface area contributed by atoms with Crippen LogP contribution in [0, 0.1) is 0 Å². The minimum absolute atomic E-state index is 0.0248. The van der Waals surface area contributed by atoms with Gasteiger partial charge >= 0.3 is 0 Å². The Kier molecular flexibility index (Phi) is 4.32. The molecule has 0 fully saturated rings. The van der Waals surface area contributed by atoms with Crippen LogP contribution in [-0.2, 0) is 4.79 Å². The van der Waals surface area contributed by atoms with Crippen LogP contribution in [0.3, 0.4) is 0 Å². The van der Waals surface area contributed by atoms with Gasteiger partial charge in [-0.2, -0.15) is 15.0 Å². The van der Waals surface area contributed by atoms with Gasteiger partial charge < -0.3 is 22.1 Å². The van der Waals surface area contributed by atoms with Gasteiger partial charge in [-0.15, -0.1) is 0 Å². The Balaban J connectivity index is 1.50. The zero-order valence-corrected chi connectivity index (χ0v) is 15.0. The van der Waals surface area contributed by atoms with Crippen LogP contribution >= 0.6 is 0 Å². The van der Waals surface area contributed by atoms with Gasteiger partial charge in [0.25, 0.3) is 0 Å². The van der Waals surface area contributed by atoms with Crippen LogP contribution in [0.1, 0.15) is 6.92 Å². The van der Waals surface area contributed by atoms with Crippen molar-refractivity contribution in [2.75, 3.05) is 22.1 Å². The normalized spacial score (nSPS) is 12.0. The predicted octanol–water partition coefficient (Wildman–Crippen LogP) is 2.18. The Morgan fingerprint density at radius 1 is 1.04 bits per heavy atom. The third kappa shape index (κ3) is 3.45. The molecule has 6 N–H and O–H groups in total. The number of nitrogen functional groups attached to an aromatic ring is 2. The van der Waals surface area contributed by atoms with Crippen molar-refractivity contribution in [3.8, 4) is 0 Å². The van der Waals surface area contributed by atoms with Gasteiger partial charge in [0.15, 0.2) is 5.65 Å². The van der Waals surface area contributed by atoms with Crippen molar-refractivity contribution in [3.63, 3.8) is 0 Å². The molecule has 4 aromatic rings. The number of hydrogen-bond donors (Lipinski definition) is 4. The molecular weight excluding hydrogens is 356 g/mol. The van der Waals surface area contributed by atoms with Crippen molar-refractivity contribution < 1.29 is 4.79 Å². The number of carbonyl (C=O) groups is 1. The lowest BCUT2D eigenvalue weighted by Gasteiger charge is -2.14. The highest BCUT2D eigenvalue weighted by Crippen LogP contribution is 2.20. The fourth-order valence-corrected chi connectivity index (χ4v) is 2.80. The van der Waals surface area contributed by atoms with Gasteiger partial charge in [0.2, 0.25) is 17.8 Å². The largest absolute Gasteiger partial charge is 0.383 e. The second-order valence-corrected chi connectivity index (χ2v) is 6.32. The lowest BCUT2D eigenvalue weighted by Crippen LogP contribution is -2.32. The zero-order valence-electron chi connectivity index (χ0n) is 15.0. The maximum Gasteiger partial charge on any atom is 0.246 e. The Morgan fingerprint density at radius 2 is 1.82 bits per heavy atom. The molecule has 2 aromatic carbocycles. The summed E-state index contributed by atoms with van der Waals surface area (Å²) in [5.41, 5.74) is 12.4. The van der Waals surface area contributed by atoms with Crippen LogP contribution in [0.25, 0.3) is 21.8 Å². The number of anilines is 4. The molecule has 4 rings (SSSR count). The number of nitrogens with zero attached hydrogens (tertiary/aromatic N) is 4. The molecule has 28 heavy (non-hydrogen) atoms. The molecule has 0 saturated carbocycles. The van der Waals surface area contributed by atoms with E-state index in [4.69, 9.17) is 11.5 Å². The van der Waals surface area contributed by atoms with Gasteiger partial charge in [-0.05, 0) is 29.8 Å². The molecule has 140 valence electrons. The quantitative estimate of drug-likeness (QED) is 0.425. The van der Waals surface area contributed by atoms with Crippen molar-refractivity contribution in [1.29, 1.82) is 0 Å². The highest BCUT2D eigenvalue weighted by atomic mass is 16.2. The van der Waals surface area contributed by atoms with E-state index >= 15 is 0 Å². The number of carbonyl (C=O) groups excluding carboxylic acids is 1. The molecule has 0 aliphatic carbocycles. The van der Waals surface area contributed by atoms with Crippen molar-refractivity contribution in [2.24, 2.45) is 0 Å². The van der Waals surface area contributed by atoms with Crippen molar-refractivity contribution in [2.45, 2.75) is 13.0 Å². The number of nitrogens with two attached hydrogens (primary N) is 2. The van der Waals surface area contributed by atoms with Gasteiger partial charge in [-0.25, -0.2) is 4.98 Å². The minimum Gasteiger partial charge on any atom is -0.383 e. The van der Waals surface area contributed by atoms with Gasteiger partial charge in [0.05, 0.1) is 5.39 Å². The smallest absolute Gasteiger partial charge is 0.246 e. The van der Waals surface area contributed by atoms with Crippen LogP contribution in [0.2, 0.25) is 0 Å². The number of fused-ring (bicyclic) bond motifs is 2. The van der Waals surface area contributed by atoms with Crippen LogP contribution in [-0.4, -0.2) is 31.9 Å². The molecule has 0 aliphatic heterocycles. The van der Waals surface area contributed by atoms with E-state index in [1.165, 1.54) is 6.20 Å². The summed E-state index contributed by atoms with van der Waals surface area (Å²) in [4.78, 5) is 28.9. The van der Waals surface area contributed by atoms with E-state index in [1.54, 1.807) is 6.92 Å². The molecule has 1 atom stereocenters. The van der Waals surface area contributed by atoms with Gasteiger partial charge in [0, 0.05) is 11.9 Å². The van der Waals surface area contributed by atoms with E-state index in [9.17, 15) is 4.79 Å². The summed E-state index contributed by atoms with van der Waals surface area (Å²) in [5.74, 6) is 0.250. The standard InChI is InChI=1S/C19H18N8O/c1-10(17(28)24-13-7-6-11-4-2-3-5-12(11)8-13)23-19-22-9-14-15(20)25-18(21)26-16(14)27-19/h2-10H,1H3,(H,24,28)(H5,20,21,22,23,25,26,27). The summed E-state index contributed by atoms with van der Waals surface area (Å²) in [6.07, 6.45) is 1.49. The molecule has 1 amide bonds. The molecule has 9 heteroatoms. The van der Waals surface area contributed by atoms with Crippen molar-refractivity contribution >= 4 is 51.1 Å². The Hall–Kier alpha value is -4.01. The number of hydrogen-bond acceptors (Lipinski definition) is 8. The summed E-state index contributed by atoms with van der Waals surface area (Å²) >= 11 is 0. The van der Waals surface area contributed by atoms with Crippen molar-refractivity contribution in [1.82, 2.24) is 19.9 Å². The SMILES string of the molecule is CC(Nc1ncc2c(N)nc(N)nc2n1)C(=O)Nc1ccc2ccccc2c1. The van der Waals surface area contributed by atoms with E-state index in [2.05, 4.69) is 30.6 Å². The fraction of sp³-hybridized carbons (Fsp3) is 0.105. The lowest BCUT2D eigenvalue weighted by atomic mass is 10.1. The number of nitrogens with one attached hydrogen (secondary N) is 2. The molecule has 0 aliphatic rings. The first-order valence-corrected chi connectivity index (χ1v) is 8.61. The fourth-order valence-electron chi connectivity index (χ4n) is 2.80. The summed E-state index contributed by atoms with van der Waals surface area (Å²) in [6.45, 7) is 1.71. The zero-order chi connectivity index (χ0) is 19.7. The van der Waals surface area contributed by atoms with E-state index in [-0.39, 0.29) is 23.6 Å². The summed E-state index contributed by atoms with van der Waals surface area (Å²) in [7, 11) is 0. The lowest BCUT2D eigenvalue weighted by molar-refractivity contribution is -0.116.